The molecule has 0 fully saturated rings. The van der Waals surface area contributed by atoms with Crippen molar-refractivity contribution in [3.63, 3.8) is 0 Å². The third kappa shape index (κ3) is 4.13. The van der Waals surface area contributed by atoms with Gasteiger partial charge in [-0.3, -0.25) is 4.79 Å². The molecular weight excluding hydrogens is 230 g/mol. The quantitative estimate of drug-likeness (QED) is 0.717. The van der Waals surface area contributed by atoms with Gasteiger partial charge in [-0.25, -0.2) is 0 Å². The van der Waals surface area contributed by atoms with Gasteiger partial charge in [0, 0.05) is 12.1 Å². The van der Waals surface area contributed by atoms with Crippen LogP contribution in [-0.4, -0.2) is 27.8 Å². The zero-order valence-electron chi connectivity index (χ0n) is 11.1. The lowest BCUT2D eigenvalue weighted by atomic mass is 9.97. The molecule has 1 atom stereocenters. The highest BCUT2D eigenvalue weighted by Gasteiger charge is 2.23. The van der Waals surface area contributed by atoms with E-state index in [0.717, 1.165) is 11.1 Å². The number of rotatable bonds is 6. The molecule has 1 rings (SSSR count). The van der Waals surface area contributed by atoms with Crippen LogP contribution in [0.4, 0.5) is 0 Å². The van der Waals surface area contributed by atoms with E-state index in [9.17, 15) is 9.90 Å². The van der Waals surface area contributed by atoms with E-state index in [2.05, 4.69) is 5.32 Å². The number of aliphatic carboxylic acids is 1. The summed E-state index contributed by atoms with van der Waals surface area (Å²) in [5, 5.41) is 21.7. The smallest absolute Gasteiger partial charge is 0.307 e. The van der Waals surface area contributed by atoms with Gasteiger partial charge < -0.3 is 15.5 Å². The molecule has 0 saturated heterocycles. The number of aliphatic hydroxyl groups excluding tert-OH is 1. The van der Waals surface area contributed by atoms with Crippen LogP contribution in [0.3, 0.4) is 0 Å². The summed E-state index contributed by atoms with van der Waals surface area (Å²) in [4.78, 5) is 10.8. The Morgan fingerprint density at radius 3 is 2.39 bits per heavy atom. The molecule has 0 amide bonds. The lowest BCUT2D eigenvalue weighted by Crippen LogP contribution is -2.47. The number of aliphatic hydroxyl groups is 1. The summed E-state index contributed by atoms with van der Waals surface area (Å²) in [5.74, 6) is -0.836. The molecule has 1 aromatic carbocycles. The second-order valence-corrected chi connectivity index (χ2v) is 5.09. The van der Waals surface area contributed by atoms with E-state index in [4.69, 9.17) is 5.11 Å². The lowest BCUT2D eigenvalue weighted by molar-refractivity contribution is -0.136. The minimum atomic E-state index is -0.836. The molecule has 0 heterocycles. The van der Waals surface area contributed by atoms with Crippen LogP contribution < -0.4 is 5.32 Å². The van der Waals surface area contributed by atoms with Crippen LogP contribution in [0.5, 0.6) is 0 Å². The Bertz CT molecular complexity index is 413. The maximum atomic E-state index is 10.8. The van der Waals surface area contributed by atoms with Gasteiger partial charge in [0.15, 0.2) is 0 Å². The molecule has 0 bridgehead atoms. The van der Waals surface area contributed by atoms with Crippen molar-refractivity contribution in [3.05, 3.63) is 35.4 Å². The largest absolute Gasteiger partial charge is 0.481 e. The predicted octanol–water partition coefficient (Wildman–Crippen LogP) is 1.56. The summed E-state index contributed by atoms with van der Waals surface area (Å²) >= 11 is 0. The highest BCUT2D eigenvalue weighted by Crippen LogP contribution is 2.13. The first-order valence-electron chi connectivity index (χ1n) is 6.04. The van der Waals surface area contributed by atoms with Crippen molar-refractivity contribution in [3.8, 4) is 0 Å². The van der Waals surface area contributed by atoms with E-state index < -0.39 is 17.6 Å². The van der Waals surface area contributed by atoms with E-state index in [1.807, 2.05) is 38.1 Å². The maximum absolute atomic E-state index is 10.8. The summed E-state index contributed by atoms with van der Waals surface area (Å²) in [6.45, 7) is 6.10. The first-order valence-corrected chi connectivity index (χ1v) is 6.04. The maximum Gasteiger partial charge on any atom is 0.307 e. The summed E-state index contributed by atoms with van der Waals surface area (Å²) < 4.78 is 0. The number of benzene rings is 1. The Morgan fingerprint density at radius 1 is 1.33 bits per heavy atom. The van der Waals surface area contributed by atoms with Crippen LogP contribution in [0.25, 0.3) is 0 Å². The van der Waals surface area contributed by atoms with E-state index in [-0.39, 0.29) is 6.42 Å². The predicted molar refractivity (Wildman–Crippen MR) is 70.4 cm³/mol. The van der Waals surface area contributed by atoms with Gasteiger partial charge >= 0.3 is 5.97 Å². The normalized spacial score (nSPS) is 13.3. The molecule has 0 aliphatic heterocycles. The zero-order valence-corrected chi connectivity index (χ0v) is 11.1. The van der Waals surface area contributed by atoms with Crippen LogP contribution >= 0.6 is 0 Å². The van der Waals surface area contributed by atoms with Gasteiger partial charge in [0.25, 0.3) is 0 Å². The lowest BCUT2D eigenvalue weighted by Gasteiger charge is -2.30. The Kier molecular flexibility index (Phi) is 4.87. The minimum Gasteiger partial charge on any atom is -0.481 e. The van der Waals surface area contributed by atoms with Crippen molar-refractivity contribution in [2.45, 2.75) is 45.4 Å². The third-order valence-electron chi connectivity index (χ3n) is 3.24. The average molecular weight is 251 g/mol. The van der Waals surface area contributed by atoms with Crippen molar-refractivity contribution in [2.75, 3.05) is 0 Å². The Labute approximate surface area is 108 Å². The fourth-order valence-electron chi connectivity index (χ4n) is 1.54. The summed E-state index contributed by atoms with van der Waals surface area (Å²) in [6, 6.07) is 7.45. The third-order valence-corrected chi connectivity index (χ3v) is 3.24. The average Bonchev–Trinajstić information content (AvgIpc) is 2.27. The molecule has 0 aliphatic carbocycles. The molecule has 4 heteroatoms. The molecule has 18 heavy (non-hydrogen) atoms. The van der Waals surface area contributed by atoms with Crippen molar-refractivity contribution in [1.82, 2.24) is 5.32 Å². The van der Waals surface area contributed by atoms with Crippen LogP contribution in [0.2, 0.25) is 0 Å². The monoisotopic (exact) mass is 251 g/mol. The molecule has 1 unspecified atom stereocenters. The van der Waals surface area contributed by atoms with Crippen molar-refractivity contribution in [1.29, 1.82) is 0 Å². The van der Waals surface area contributed by atoms with E-state index >= 15 is 0 Å². The molecule has 3 N–H and O–H groups in total. The van der Waals surface area contributed by atoms with Crippen LogP contribution in [-0.2, 0) is 17.8 Å². The Balaban J connectivity index is 2.76. The second kappa shape index (κ2) is 5.98. The molecule has 4 nitrogen and oxygen atoms in total. The Hall–Kier alpha value is -1.39. The zero-order chi connectivity index (χ0) is 13.8. The summed E-state index contributed by atoms with van der Waals surface area (Å²) in [6.07, 6.45) is -0.461. The van der Waals surface area contributed by atoms with Gasteiger partial charge in [-0.2, -0.15) is 0 Å². The first-order chi connectivity index (χ1) is 8.33. The fourth-order valence-corrected chi connectivity index (χ4v) is 1.54. The molecule has 1 aromatic rings. The van der Waals surface area contributed by atoms with Crippen molar-refractivity contribution in [2.24, 2.45) is 0 Å². The number of hydrogen-bond acceptors (Lipinski definition) is 3. The second-order valence-electron chi connectivity index (χ2n) is 5.09. The van der Waals surface area contributed by atoms with Crippen LogP contribution in [0.15, 0.2) is 24.3 Å². The molecule has 0 aromatic heterocycles. The molecule has 100 valence electrons. The van der Waals surface area contributed by atoms with Crippen LogP contribution in [0, 0.1) is 0 Å². The number of nitrogens with one attached hydrogen (secondary N) is 1. The minimum absolute atomic E-state index is 0.0208. The highest BCUT2D eigenvalue weighted by molar-refractivity contribution is 5.70. The van der Waals surface area contributed by atoms with Gasteiger partial charge in [0.05, 0.1) is 12.5 Å². The van der Waals surface area contributed by atoms with E-state index in [0.29, 0.717) is 6.54 Å². The molecule has 0 aliphatic rings. The van der Waals surface area contributed by atoms with E-state index in [1.54, 1.807) is 6.92 Å². The molecular formula is C14H21NO3. The Morgan fingerprint density at radius 2 is 1.89 bits per heavy atom. The van der Waals surface area contributed by atoms with Gasteiger partial charge in [-0.05, 0) is 31.9 Å². The SMILES string of the molecule is CC(O)C(C)(C)NCc1ccccc1CC(=O)O. The molecule has 0 saturated carbocycles. The number of carboxylic acids is 1. The molecule has 0 radical (unpaired) electrons. The number of hydrogen-bond donors (Lipinski definition) is 3. The van der Waals surface area contributed by atoms with Gasteiger partial charge in [0.1, 0.15) is 0 Å². The highest BCUT2D eigenvalue weighted by atomic mass is 16.4. The van der Waals surface area contributed by atoms with Crippen LogP contribution in [0.1, 0.15) is 31.9 Å². The standard InChI is InChI=1S/C14H21NO3/c1-10(16)14(2,3)15-9-12-7-5-4-6-11(12)8-13(17)18/h4-7,10,15-16H,8-9H2,1-3H3,(H,17,18). The van der Waals surface area contributed by atoms with Crippen molar-refractivity contribution < 1.29 is 15.0 Å². The summed E-state index contributed by atoms with van der Waals surface area (Å²) in [7, 11) is 0. The fraction of sp³-hybridized carbons (Fsp3) is 0.500. The van der Waals surface area contributed by atoms with Gasteiger partial charge in [0.2, 0.25) is 0 Å². The van der Waals surface area contributed by atoms with E-state index in [1.165, 1.54) is 0 Å². The topological polar surface area (TPSA) is 69.6 Å². The first kappa shape index (κ1) is 14.7. The van der Waals surface area contributed by atoms with Gasteiger partial charge in [-0.15, -0.1) is 0 Å². The van der Waals surface area contributed by atoms with Gasteiger partial charge in [-0.1, -0.05) is 24.3 Å². The number of carboxylic acid groups (broad SMARTS) is 1. The van der Waals surface area contributed by atoms with Crippen molar-refractivity contribution >= 4 is 5.97 Å². The number of carbonyl (C=O) groups is 1. The summed E-state index contributed by atoms with van der Waals surface area (Å²) in [5.41, 5.74) is 1.35. The molecule has 0 spiro atoms.